The SMILES string of the molecule is CCN(CC)CCN(C(=O)c1ccc(S(=O)(=O)N2CC(C)OC(C)C2)cc1)c1nc2c(C)cc(Cl)cc2s1. The number of halogens is 1. The van der Waals surface area contributed by atoms with Gasteiger partial charge in [0.1, 0.15) is 0 Å². The first kappa shape index (κ1) is 28.9. The number of aromatic nitrogens is 1. The van der Waals surface area contributed by atoms with E-state index in [1.54, 1.807) is 17.0 Å². The molecule has 0 saturated carbocycles. The number of aryl methyl sites for hydroxylation is 1. The number of ether oxygens (including phenoxy) is 1. The van der Waals surface area contributed by atoms with E-state index in [0.717, 1.165) is 28.9 Å². The number of amides is 1. The minimum atomic E-state index is -3.70. The third kappa shape index (κ3) is 6.21. The molecule has 206 valence electrons. The summed E-state index contributed by atoms with van der Waals surface area (Å²) in [5, 5.41) is 1.22. The average molecular weight is 579 g/mol. The second-order valence-corrected chi connectivity index (χ2v) is 13.0. The smallest absolute Gasteiger partial charge is 0.260 e. The van der Waals surface area contributed by atoms with E-state index in [2.05, 4.69) is 18.7 Å². The van der Waals surface area contributed by atoms with Gasteiger partial charge >= 0.3 is 0 Å². The van der Waals surface area contributed by atoms with E-state index >= 15 is 0 Å². The largest absolute Gasteiger partial charge is 0.373 e. The van der Waals surface area contributed by atoms with E-state index in [4.69, 9.17) is 21.3 Å². The molecule has 8 nitrogen and oxygen atoms in total. The summed E-state index contributed by atoms with van der Waals surface area (Å²) in [6.45, 7) is 13.4. The van der Waals surface area contributed by atoms with Crippen LogP contribution in [-0.2, 0) is 14.8 Å². The summed E-state index contributed by atoms with van der Waals surface area (Å²) in [7, 11) is -3.70. The highest BCUT2D eigenvalue weighted by Gasteiger charge is 2.32. The van der Waals surface area contributed by atoms with Crippen molar-refractivity contribution < 1.29 is 17.9 Å². The normalized spacial score (nSPS) is 18.8. The molecule has 1 aliphatic heterocycles. The van der Waals surface area contributed by atoms with E-state index in [1.807, 2.05) is 32.9 Å². The Morgan fingerprint density at radius 1 is 1.11 bits per heavy atom. The molecule has 2 atom stereocenters. The monoisotopic (exact) mass is 578 g/mol. The number of nitrogens with zero attached hydrogens (tertiary/aromatic N) is 4. The number of benzene rings is 2. The minimum absolute atomic E-state index is 0.162. The number of fused-ring (bicyclic) bond motifs is 1. The Balaban J connectivity index is 1.63. The van der Waals surface area contributed by atoms with Gasteiger partial charge in [0, 0.05) is 36.8 Å². The molecule has 1 fully saturated rings. The Hall–Kier alpha value is -2.08. The van der Waals surface area contributed by atoms with Crippen molar-refractivity contribution >= 4 is 54.2 Å². The molecule has 2 heterocycles. The summed E-state index contributed by atoms with van der Waals surface area (Å²) in [6.07, 6.45) is -0.359. The lowest BCUT2D eigenvalue weighted by molar-refractivity contribution is -0.0440. The minimum Gasteiger partial charge on any atom is -0.373 e. The highest BCUT2D eigenvalue weighted by molar-refractivity contribution is 7.89. The van der Waals surface area contributed by atoms with Crippen molar-refractivity contribution in [2.45, 2.75) is 51.7 Å². The van der Waals surface area contributed by atoms with Crippen LogP contribution >= 0.6 is 22.9 Å². The van der Waals surface area contributed by atoms with Gasteiger partial charge in [0.15, 0.2) is 5.13 Å². The number of thiazole rings is 1. The molecule has 1 amide bonds. The predicted molar refractivity (Wildman–Crippen MR) is 154 cm³/mol. The summed E-state index contributed by atoms with van der Waals surface area (Å²) >= 11 is 7.69. The molecule has 2 aromatic carbocycles. The fourth-order valence-electron chi connectivity index (χ4n) is 4.72. The van der Waals surface area contributed by atoms with Crippen LogP contribution in [0.4, 0.5) is 5.13 Å². The van der Waals surface area contributed by atoms with Gasteiger partial charge in [-0.3, -0.25) is 9.69 Å². The summed E-state index contributed by atoms with van der Waals surface area (Å²) in [5.41, 5.74) is 2.18. The Kier molecular flexibility index (Phi) is 9.11. The summed E-state index contributed by atoms with van der Waals surface area (Å²) < 4.78 is 34.6. The lowest BCUT2D eigenvalue weighted by atomic mass is 10.2. The molecular weight excluding hydrogens is 544 g/mol. The zero-order valence-electron chi connectivity index (χ0n) is 22.5. The molecular formula is C27H35ClN4O4S2. The van der Waals surface area contributed by atoms with Crippen molar-refractivity contribution in [1.82, 2.24) is 14.2 Å². The maximum Gasteiger partial charge on any atom is 0.260 e. The van der Waals surface area contributed by atoms with Crippen molar-refractivity contribution in [3.8, 4) is 0 Å². The van der Waals surface area contributed by atoms with Crippen LogP contribution in [0.2, 0.25) is 5.02 Å². The van der Waals surface area contributed by atoms with E-state index in [1.165, 1.54) is 27.8 Å². The summed E-state index contributed by atoms with van der Waals surface area (Å²) in [6, 6.07) is 9.93. The van der Waals surface area contributed by atoms with Crippen LogP contribution in [0.15, 0.2) is 41.3 Å². The second-order valence-electron chi connectivity index (χ2n) is 9.65. The number of hydrogen-bond acceptors (Lipinski definition) is 7. The molecule has 0 bridgehead atoms. The van der Waals surface area contributed by atoms with Gasteiger partial charge in [-0.1, -0.05) is 36.8 Å². The van der Waals surface area contributed by atoms with Crippen molar-refractivity contribution in [2.24, 2.45) is 0 Å². The van der Waals surface area contributed by atoms with E-state index < -0.39 is 10.0 Å². The van der Waals surface area contributed by atoms with Gasteiger partial charge in [-0.15, -0.1) is 0 Å². The Bertz CT molecular complexity index is 1380. The first-order valence-corrected chi connectivity index (χ1v) is 15.5. The zero-order valence-corrected chi connectivity index (χ0v) is 24.9. The number of carbonyl (C=O) groups excluding carboxylic acids is 1. The van der Waals surface area contributed by atoms with Crippen LogP contribution in [0.3, 0.4) is 0 Å². The molecule has 0 aliphatic carbocycles. The topological polar surface area (TPSA) is 83.1 Å². The second kappa shape index (κ2) is 12.0. The average Bonchev–Trinajstić information content (AvgIpc) is 3.30. The molecule has 4 rings (SSSR count). The van der Waals surface area contributed by atoms with Crippen LogP contribution in [0.5, 0.6) is 0 Å². The van der Waals surface area contributed by atoms with Gasteiger partial charge in [-0.25, -0.2) is 13.4 Å². The van der Waals surface area contributed by atoms with Crippen LogP contribution in [0.25, 0.3) is 10.2 Å². The van der Waals surface area contributed by atoms with Gasteiger partial charge in [-0.05, 0) is 75.8 Å². The lowest BCUT2D eigenvalue weighted by Crippen LogP contribution is -2.48. The van der Waals surface area contributed by atoms with Crippen molar-refractivity contribution in [1.29, 1.82) is 0 Å². The fraction of sp³-hybridized carbons (Fsp3) is 0.481. The van der Waals surface area contributed by atoms with Crippen molar-refractivity contribution in [2.75, 3.05) is 44.2 Å². The number of sulfonamides is 1. The summed E-state index contributed by atoms with van der Waals surface area (Å²) in [4.78, 5) is 22.7. The molecule has 38 heavy (non-hydrogen) atoms. The Labute approximate surface area is 234 Å². The third-order valence-corrected chi connectivity index (χ3v) is 9.86. The maximum atomic E-state index is 13.8. The molecule has 11 heteroatoms. The van der Waals surface area contributed by atoms with Gasteiger partial charge in [-0.2, -0.15) is 4.31 Å². The van der Waals surface area contributed by atoms with Crippen LogP contribution in [0.1, 0.15) is 43.6 Å². The third-order valence-electron chi connectivity index (χ3n) is 6.77. The highest BCUT2D eigenvalue weighted by Crippen LogP contribution is 2.34. The quantitative estimate of drug-likeness (QED) is 0.353. The number of morpholine rings is 1. The molecule has 0 radical (unpaired) electrons. The number of carbonyl (C=O) groups is 1. The first-order chi connectivity index (χ1) is 18.0. The van der Waals surface area contributed by atoms with Gasteiger partial charge in [0.2, 0.25) is 10.0 Å². The molecule has 1 aromatic heterocycles. The molecule has 1 aliphatic rings. The molecule has 1 saturated heterocycles. The van der Waals surface area contributed by atoms with E-state index in [9.17, 15) is 13.2 Å². The number of anilines is 1. The number of hydrogen-bond donors (Lipinski definition) is 0. The standard InChI is InChI=1S/C27H35ClN4O4S2/c1-6-30(7-2)12-13-32(27-29-25-18(3)14-22(28)15-24(25)37-27)26(33)21-8-10-23(11-9-21)38(34,35)31-16-19(4)36-20(5)17-31/h8-11,14-15,19-20H,6-7,12-13,16-17H2,1-5H3. The van der Waals surface area contributed by atoms with Crippen LogP contribution < -0.4 is 4.90 Å². The first-order valence-electron chi connectivity index (χ1n) is 12.9. The molecule has 0 spiro atoms. The maximum absolute atomic E-state index is 13.8. The molecule has 0 N–H and O–H groups in total. The van der Waals surface area contributed by atoms with Crippen molar-refractivity contribution in [3.05, 3.63) is 52.5 Å². The van der Waals surface area contributed by atoms with Gasteiger partial charge in [0.25, 0.3) is 5.91 Å². The molecule has 2 unspecified atom stereocenters. The lowest BCUT2D eigenvalue weighted by Gasteiger charge is -2.34. The van der Waals surface area contributed by atoms with Crippen molar-refractivity contribution in [3.63, 3.8) is 0 Å². The number of likely N-dealkylation sites (N-methyl/N-ethyl adjacent to an activating group) is 1. The van der Waals surface area contributed by atoms with Crippen LogP contribution in [-0.4, -0.2) is 80.0 Å². The number of rotatable bonds is 9. The van der Waals surface area contributed by atoms with E-state index in [0.29, 0.717) is 41.9 Å². The Morgan fingerprint density at radius 3 is 2.34 bits per heavy atom. The van der Waals surface area contributed by atoms with E-state index in [-0.39, 0.29) is 23.0 Å². The van der Waals surface area contributed by atoms with Crippen LogP contribution in [0, 0.1) is 6.92 Å². The predicted octanol–water partition coefficient (Wildman–Crippen LogP) is 5.04. The summed E-state index contributed by atoms with van der Waals surface area (Å²) in [5.74, 6) is -0.225. The fourth-order valence-corrected chi connectivity index (χ4v) is 7.76. The van der Waals surface area contributed by atoms with Gasteiger partial charge in [0.05, 0.1) is 27.3 Å². The molecule has 3 aromatic rings. The zero-order chi connectivity index (χ0) is 27.6. The van der Waals surface area contributed by atoms with Gasteiger partial charge < -0.3 is 9.64 Å². The Morgan fingerprint density at radius 2 is 1.74 bits per heavy atom. The highest BCUT2D eigenvalue weighted by atomic mass is 35.5.